The van der Waals surface area contributed by atoms with Crippen molar-refractivity contribution in [2.45, 2.75) is 19.4 Å². The maximum absolute atomic E-state index is 11.9. The molecule has 0 saturated carbocycles. The summed E-state index contributed by atoms with van der Waals surface area (Å²) in [5.74, 6) is 0.462. The Bertz CT molecular complexity index is 571. The number of halogens is 2. The Labute approximate surface area is 120 Å². The molecule has 100 valence electrons. The van der Waals surface area contributed by atoms with Crippen LogP contribution in [0.3, 0.4) is 0 Å². The number of H-pyrrole nitrogens is 1. The number of amides is 1. The van der Waals surface area contributed by atoms with Crippen LogP contribution in [0.25, 0.3) is 0 Å². The quantitative estimate of drug-likeness (QED) is 0.911. The largest absolute Gasteiger partial charge is 0.346 e. The van der Waals surface area contributed by atoms with Gasteiger partial charge in [-0.05, 0) is 24.6 Å². The summed E-state index contributed by atoms with van der Waals surface area (Å²) in [6.45, 7) is 1.82. The maximum atomic E-state index is 11.9. The van der Waals surface area contributed by atoms with E-state index in [0.29, 0.717) is 15.9 Å². The molecule has 7 heteroatoms. The van der Waals surface area contributed by atoms with E-state index >= 15 is 0 Å². The van der Waals surface area contributed by atoms with E-state index in [4.69, 9.17) is 23.2 Å². The fourth-order valence-electron chi connectivity index (χ4n) is 1.62. The highest BCUT2D eigenvalue weighted by molar-refractivity contribution is 6.35. The van der Waals surface area contributed by atoms with Gasteiger partial charge in [-0.1, -0.05) is 29.3 Å². The molecule has 2 rings (SSSR count). The number of nitrogens with zero attached hydrogens (tertiary/aromatic N) is 2. The van der Waals surface area contributed by atoms with Crippen molar-refractivity contribution in [3.8, 4) is 0 Å². The number of hydrogen-bond donors (Lipinski definition) is 2. The van der Waals surface area contributed by atoms with E-state index in [1.54, 1.807) is 18.2 Å². The Balaban J connectivity index is 1.98. The van der Waals surface area contributed by atoms with Crippen molar-refractivity contribution in [3.63, 3.8) is 0 Å². The molecule has 2 N–H and O–H groups in total. The van der Waals surface area contributed by atoms with E-state index in [9.17, 15) is 4.79 Å². The van der Waals surface area contributed by atoms with Gasteiger partial charge in [0.1, 0.15) is 12.2 Å². The molecule has 0 aliphatic heterocycles. The van der Waals surface area contributed by atoms with E-state index in [1.807, 2.05) is 6.92 Å². The molecule has 1 aromatic heterocycles. The SMILES string of the molecule is CC(NC(=O)Cc1ccc(Cl)cc1Cl)c1ncn[nH]1. The van der Waals surface area contributed by atoms with Crippen LogP contribution >= 0.6 is 23.2 Å². The van der Waals surface area contributed by atoms with Crippen molar-refractivity contribution in [2.24, 2.45) is 0 Å². The van der Waals surface area contributed by atoms with E-state index in [0.717, 1.165) is 5.56 Å². The van der Waals surface area contributed by atoms with Gasteiger partial charge < -0.3 is 5.32 Å². The summed E-state index contributed by atoms with van der Waals surface area (Å²) in [7, 11) is 0. The molecular formula is C12H12Cl2N4O. The number of hydrogen-bond acceptors (Lipinski definition) is 3. The van der Waals surface area contributed by atoms with Gasteiger partial charge in [-0.3, -0.25) is 9.89 Å². The number of rotatable bonds is 4. The van der Waals surface area contributed by atoms with Crippen molar-refractivity contribution in [2.75, 3.05) is 0 Å². The Kier molecular flexibility index (Phi) is 4.39. The number of carbonyl (C=O) groups is 1. The Morgan fingerprint density at radius 2 is 2.26 bits per heavy atom. The average molecular weight is 299 g/mol. The van der Waals surface area contributed by atoms with Crippen LogP contribution in [-0.2, 0) is 11.2 Å². The van der Waals surface area contributed by atoms with Gasteiger partial charge in [-0.2, -0.15) is 5.10 Å². The van der Waals surface area contributed by atoms with Gasteiger partial charge in [0.05, 0.1) is 12.5 Å². The number of nitrogens with one attached hydrogen (secondary N) is 2. The maximum Gasteiger partial charge on any atom is 0.225 e. The third-order valence-corrected chi connectivity index (χ3v) is 3.17. The topological polar surface area (TPSA) is 70.7 Å². The molecule has 19 heavy (non-hydrogen) atoms. The van der Waals surface area contributed by atoms with Crippen LogP contribution in [0, 0.1) is 0 Å². The lowest BCUT2D eigenvalue weighted by molar-refractivity contribution is -0.121. The van der Waals surface area contributed by atoms with Gasteiger partial charge >= 0.3 is 0 Å². The van der Waals surface area contributed by atoms with Crippen LogP contribution in [0.1, 0.15) is 24.4 Å². The van der Waals surface area contributed by atoms with Gasteiger partial charge in [0.15, 0.2) is 0 Å². The number of carbonyl (C=O) groups excluding carboxylic acids is 1. The van der Waals surface area contributed by atoms with E-state index in [-0.39, 0.29) is 18.4 Å². The smallest absolute Gasteiger partial charge is 0.225 e. The van der Waals surface area contributed by atoms with Crippen molar-refractivity contribution < 1.29 is 4.79 Å². The molecule has 0 bridgehead atoms. The standard InChI is InChI=1S/C12H12Cl2N4O/c1-7(12-15-6-16-18-12)17-11(19)4-8-2-3-9(13)5-10(8)14/h2-3,5-7H,4H2,1H3,(H,17,19)(H,15,16,18). The zero-order valence-electron chi connectivity index (χ0n) is 10.2. The second-order valence-electron chi connectivity index (χ2n) is 4.07. The van der Waals surface area contributed by atoms with Crippen molar-refractivity contribution >= 4 is 29.1 Å². The second-order valence-corrected chi connectivity index (χ2v) is 4.92. The molecule has 0 saturated heterocycles. The summed E-state index contributed by atoms with van der Waals surface area (Å²) in [5, 5.41) is 10.3. The van der Waals surface area contributed by atoms with Crippen molar-refractivity contribution in [3.05, 3.63) is 46.0 Å². The third kappa shape index (κ3) is 3.68. The molecule has 0 aliphatic rings. The molecule has 0 spiro atoms. The molecule has 2 aromatic rings. The summed E-state index contributed by atoms with van der Waals surface area (Å²) in [6.07, 6.45) is 1.59. The second kappa shape index (κ2) is 6.04. The summed E-state index contributed by atoms with van der Waals surface area (Å²) in [4.78, 5) is 15.9. The van der Waals surface area contributed by atoms with Gasteiger partial charge in [0, 0.05) is 10.0 Å². The fourth-order valence-corrected chi connectivity index (χ4v) is 2.10. The molecule has 1 aromatic carbocycles. The molecule has 1 atom stereocenters. The summed E-state index contributed by atoms with van der Waals surface area (Å²) >= 11 is 11.8. The highest BCUT2D eigenvalue weighted by Gasteiger charge is 2.13. The van der Waals surface area contributed by atoms with Gasteiger partial charge in [-0.15, -0.1) is 0 Å². The Hall–Kier alpha value is -1.59. The Morgan fingerprint density at radius 3 is 2.89 bits per heavy atom. The van der Waals surface area contributed by atoms with Crippen LogP contribution in [0.4, 0.5) is 0 Å². The van der Waals surface area contributed by atoms with Crippen molar-refractivity contribution in [1.29, 1.82) is 0 Å². The molecule has 1 unspecified atom stereocenters. The molecule has 0 fully saturated rings. The first-order chi connectivity index (χ1) is 9.06. The molecule has 5 nitrogen and oxygen atoms in total. The highest BCUT2D eigenvalue weighted by Crippen LogP contribution is 2.21. The van der Waals surface area contributed by atoms with E-state index in [2.05, 4.69) is 20.5 Å². The zero-order valence-corrected chi connectivity index (χ0v) is 11.7. The average Bonchev–Trinajstić information content (AvgIpc) is 2.86. The zero-order chi connectivity index (χ0) is 13.8. The summed E-state index contributed by atoms with van der Waals surface area (Å²) in [5.41, 5.74) is 0.730. The van der Waals surface area contributed by atoms with Crippen LogP contribution in [0.2, 0.25) is 10.0 Å². The minimum absolute atomic E-state index is 0.145. The lowest BCUT2D eigenvalue weighted by Gasteiger charge is -2.11. The Morgan fingerprint density at radius 1 is 1.47 bits per heavy atom. The fraction of sp³-hybridized carbons (Fsp3) is 0.250. The predicted octanol–water partition coefficient (Wildman–Crippen LogP) is 2.53. The van der Waals surface area contributed by atoms with Crippen LogP contribution in [0.15, 0.2) is 24.5 Å². The first-order valence-electron chi connectivity index (χ1n) is 5.65. The number of aromatic amines is 1. The third-order valence-electron chi connectivity index (χ3n) is 2.59. The molecule has 0 radical (unpaired) electrons. The van der Waals surface area contributed by atoms with Gasteiger partial charge in [-0.25, -0.2) is 4.98 Å². The first kappa shape index (κ1) is 13.8. The monoisotopic (exact) mass is 298 g/mol. The molecule has 1 amide bonds. The van der Waals surface area contributed by atoms with Gasteiger partial charge in [0.2, 0.25) is 5.91 Å². The summed E-state index contributed by atoms with van der Waals surface area (Å²) in [6, 6.07) is 4.83. The minimum Gasteiger partial charge on any atom is -0.346 e. The lowest BCUT2D eigenvalue weighted by atomic mass is 10.1. The van der Waals surface area contributed by atoms with Gasteiger partial charge in [0.25, 0.3) is 0 Å². The molecule has 0 aliphatic carbocycles. The van der Waals surface area contributed by atoms with E-state index in [1.165, 1.54) is 6.33 Å². The number of aromatic nitrogens is 3. The van der Waals surface area contributed by atoms with E-state index < -0.39 is 0 Å². The minimum atomic E-state index is -0.235. The van der Waals surface area contributed by atoms with Crippen LogP contribution in [0.5, 0.6) is 0 Å². The number of benzene rings is 1. The van der Waals surface area contributed by atoms with Crippen LogP contribution in [-0.4, -0.2) is 21.1 Å². The summed E-state index contributed by atoms with van der Waals surface area (Å²) < 4.78 is 0. The lowest BCUT2D eigenvalue weighted by Crippen LogP contribution is -2.28. The highest BCUT2D eigenvalue weighted by atomic mass is 35.5. The molecule has 1 heterocycles. The first-order valence-corrected chi connectivity index (χ1v) is 6.40. The predicted molar refractivity (Wildman–Crippen MR) is 73.1 cm³/mol. The normalized spacial score (nSPS) is 12.2. The molecular weight excluding hydrogens is 287 g/mol. The van der Waals surface area contributed by atoms with Crippen molar-refractivity contribution in [1.82, 2.24) is 20.5 Å². The van der Waals surface area contributed by atoms with Crippen LogP contribution < -0.4 is 5.32 Å².